The Kier molecular flexibility index (Phi) is 7.36. The fraction of sp³-hybridized carbons (Fsp3) is 0.417. The van der Waals surface area contributed by atoms with Crippen LogP contribution >= 0.6 is 11.6 Å². The van der Waals surface area contributed by atoms with Gasteiger partial charge < -0.3 is 9.57 Å². The second-order valence-corrected chi connectivity index (χ2v) is 8.33. The fourth-order valence-corrected chi connectivity index (χ4v) is 4.73. The number of methoxy groups -OCH3 is 1. The lowest BCUT2D eigenvalue weighted by atomic mass is 9.84. The van der Waals surface area contributed by atoms with Gasteiger partial charge in [-0.1, -0.05) is 29.8 Å². The van der Waals surface area contributed by atoms with Crippen LogP contribution in [0.5, 0.6) is 0 Å². The van der Waals surface area contributed by atoms with E-state index in [2.05, 4.69) is 0 Å². The third kappa shape index (κ3) is 4.76. The topological polar surface area (TPSA) is 59.1 Å². The lowest BCUT2D eigenvalue weighted by Crippen LogP contribution is -2.63. The van der Waals surface area contributed by atoms with Gasteiger partial charge >= 0.3 is 5.97 Å². The van der Waals surface area contributed by atoms with Crippen LogP contribution in [0.3, 0.4) is 0 Å². The largest absolute Gasteiger partial charge is 0.467 e. The average molecular weight is 445 g/mol. The first-order chi connectivity index (χ1) is 14.8. The van der Waals surface area contributed by atoms with E-state index in [1.54, 1.807) is 17.1 Å². The van der Waals surface area contributed by atoms with Crippen molar-refractivity contribution in [3.05, 3.63) is 64.2 Å². The summed E-state index contributed by atoms with van der Waals surface area (Å²) in [4.78, 5) is 33.9. The minimum absolute atomic E-state index is 0.156. The van der Waals surface area contributed by atoms with Crippen molar-refractivity contribution in [1.82, 2.24) is 5.06 Å². The molecule has 31 heavy (non-hydrogen) atoms. The van der Waals surface area contributed by atoms with Gasteiger partial charge in [0.2, 0.25) is 5.91 Å². The highest BCUT2D eigenvalue weighted by Crippen LogP contribution is 2.36. The molecule has 7 heteroatoms. The lowest BCUT2D eigenvalue weighted by Gasteiger charge is -2.46. The van der Waals surface area contributed by atoms with Crippen molar-refractivity contribution in [3.63, 3.8) is 0 Å². The summed E-state index contributed by atoms with van der Waals surface area (Å²) in [5.41, 5.74) is 2.40. The highest BCUT2D eigenvalue weighted by Gasteiger charge is 2.50. The van der Waals surface area contributed by atoms with Gasteiger partial charge in [-0.3, -0.25) is 9.69 Å². The summed E-state index contributed by atoms with van der Waals surface area (Å²) < 4.78 is 5.22. The molecule has 1 amide bonds. The summed E-state index contributed by atoms with van der Waals surface area (Å²) in [5, 5.41) is 2.44. The number of hydrogen-bond donors (Lipinski definition) is 0. The predicted molar refractivity (Wildman–Crippen MR) is 121 cm³/mol. The number of esters is 1. The Morgan fingerprint density at radius 3 is 2.16 bits per heavy atom. The van der Waals surface area contributed by atoms with E-state index in [9.17, 15) is 9.59 Å². The molecule has 1 aliphatic rings. The van der Waals surface area contributed by atoms with Crippen LogP contribution in [0.1, 0.15) is 29.5 Å². The van der Waals surface area contributed by atoms with Gasteiger partial charge in [0.25, 0.3) is 0 Å². The smallest absolute Gasteiger partial charge is 0.332 e. The van der Waals surface area contributed by atoms with Gasteiger partial charge in [0.1, 0.15) is 5.54 Å². The molecule has 0 unspecified atom stereocenters. The molecule has 0 radical (unpaired) electrons. The van der Waals surface area contributed by atoms with Crippen LogP contribution in [0.25, 0.3) is 0 Å². The number of halogens is 1. The van der Waals surface area contributed by atoms with Gasteiger partial charge in [-0.25, -0.2) is 4.79 Å². The summed E-state index contributed by atoms with van der Waals surface area (Å²) in [6.45, 7) is 4.92. The summed E-state index contributed by atoms with van der Waals surface area (Å²) >= 11 is 6.18. The molecule has 166 valence electrons. The number of nitrogens with zero attached hydrogens (tertiary/aromatic N) is 2. The van der Waals surface area contributed by atoms with Crippen LogP contribution in [0.4, 0.5) is 5.69 Å². The first-order valence-electron chi connectivity index (χ1n) is 10.3. The zero-order chi connectivity index (χ0) is 22.6. The molecule has 0 bridgehead atoms. The predicted octanol–water partition coefficient (Wildman–Crippen LogP) is 4.10. The van der Waals surface area contributed by atoms with Crippen molar-refractivity contribution >= 4 is 29.2 Å². The number of hydroxylamine groups is 2. The quantitative estimate of drug-likeness (QED) is 0.628. The Bertz CT molecular complexity index is 917. The molecule has 1 fully saturated rings. The number of hydrogen-bond acceptors (Lipinski definition) is 5. The summed E-state index contributed by atoms with van der Waals surface area (Å²) in [6.07, 6.45) is 0.982. The molecule has 0 aromatic heterocycles. The van der Waals surface area contributed by atoms with Crippen molar-refractivity contribution in [2.75, 3.05) is 32.2 Å². The molecule has 2 aromatic carbocycles. The molecule has 1 aliphatic heterocycles. The number of para-hydroxylation sites is 1. The highest BCUT2D eigenvalue weighted by molar-refractivity contribution is 6.30. The van der Waals surface area contributed by atoms with E-state index in [-0.39, 0.29) is 12.3 Å². The molecular weight excluding hydrogens is 416 g/mol. The minimum Gasteiger partial charge on any atom is -0.467 e. The van der Waals surface area contributed by atoms with Gasteiger partial charge in [0.05, 0.1) is 20.6 Å². The first kappa shape index (κ1) is 23.3. The molecule has 0 N–H and O–H groups in total. The summed E-state index contributed by atoms with van der Waals surface area (Å²) in [5.74, 6) is -0.569. The molecule has 3 rings (SSSR count). The Labute approximate surface area is 188 Å². The zero-order valence-electron chi connectivity index (χ0n) is 18.5. The second-order valence-electron chi connectivity index (χ2n) is 7.89. The van der Waals surface area contributed by atoms with E-state index >= 15 is 0 Å². The van der Waals surface area contributed by atoms with E-state index in [0.29, 0.717) is 36.6 Å². The van der Waals surface area contributed by atoms with Crippen LogP contribution in [0.2, 0.25) is 5.02 Å². The number of aryl methyl sites for hydroxylation is 2. The molecule has 0 spiro atoms. The van der Waals surface area contributed by atoms with E-state index < -0.39 is 11.5 Å². The van der Waals surface area contributed by atoms with Gasteiger partial charge in [0.15, 0.2) is 0 Å². The third-order valence-corrected chi connectivity index (χ3v) is 6.27. The minimum atomic E-state index is -1.10. The van der Waals surface area contributed by atoms with Crippen molar-refractivity contribution in [1.29, 1.82) is 0 Å². The molecule has 1 heterocycles. The van der Waals surface area contributed by atoms with Crippen molar-refractivity contribution < 1.29 is 19.2 Å². The van der Waals surface area contributed by atoms with E-state index in [4.69, 9.17) is 21.2 Å². The second kappa shape index (κ2) is 9.81. The van der Waals surface area contributed by atoms with Gasteiger partial charge in [-0.2, -0.15) is 5.06 Å². The van der Waals surface area contributed by atoms with Gasteiger partial charge in [-0.15, -0.1) is 0 Å². The molecule has 1 saturated heterocycles. The third-order valence-electron chi connectivity index (χ3n) is 6.05. The van der Waals surface area contributed by atoms with Crippen LogP contribution < -0.4 is 4.90 Å². The van der Waals surface area contributed by atoms with Crippen LogP contribution in [0.15, 0.2) is 42.5 Å². The van der Waals surface area contributed by atoms with Crippen molar-refractivity contribution in [3.8, 4) is 0 Å². The van der Waals surface area contributed by atoms with Crippen molar-refractivity contribution in [2.24, 2.45) is 0 Å². The maximum atomic E-state index is 13.8. The molecule has 6 nitrogen and oxygen atoms in total. The number of ether oxygens (including phenoxy) is 1. The van der Waals surface area contributed by atoms with Crippen LogP contribution in [-0.4, -0.2) is 49.8 Å². The van der Waals surface area contributed by atoms with E-state index in [0.717, 1.165) is 16.7 Å². The lowest BCUT2D eigenvalue weighted by molar-refractivity contribution is -0.168. The number of anilines is 1. The Hall–Kier alpha value is -2.41. The number of benzene rings is 2. The SMILES string of the molecule is COC(=O)C1(N(C(=O)Cc2c(C)cc(Cl)cc2C)c2ccccc2)CCN(OC)CC1. The molecule has 0 saturated carbocycles. The average Bonchev–Trinajstić information content (AvgIpc) is 2.77. The fourth-order valence-electron chi connectivity index (χ4n) is 4.40. The van der Waals surface area contributed by atoms with Gasteiger partial charge in [-0.05, 0) is 67.6 Å². The maximum absolute atomic E-state index is 13.8. The van der Waals surface area contributed by atoms with Crippen LogP contribution in [0, 0.1) is 13.8 Å². The Balaban J connectivity index is 2.06. The standard InChI is InChI=1S/C24H29ClN2O4/c1-17-14-19(25)15-18(2)21(17)16-22(28)27(20-8-6-5-7-9-20)24(23(29)30-3)10-12-26(31-4)13-11-24/h5-9,14-15H,10-13,16H2,1-4H3. The molecular formula is C24H29ClN2O4. The maximum Gasteiger partial charge on any atom is 0.332 e. The summed E-state index contributed by atoms with van der Waals surface area (Å²) in [7, 11) is 2.98. The Morgan fingerprint density at radius 2 is 1.65 bits per heavy atom. The van der Waals surface area contributed by atoms with Crippen LogP contribution in [-0.2, 0) is 25.6 Å². The molecule has 0 atom stereocenters. The number of amides is 1. The van der Waals surface area contributed by atoms with E-state index in [1.807, 2.05) is 56.3 Å². The number of piperidine rings is 1. The normalized spacial score (nSPS) is 16.0. The molecule has 0 aliphatic carbocycles. The number of carbonyl (C=O) groups excluding carboxylic acids is 2. The number of carbonyl (C=O) groups is 2. The first-order valence-corrected chi connectivity index (χ1v) is 10.7. The highest BCUT2D eigenvalue weighted by atomic mass is 35.5. The molecule has 2 aromatic rings. The number of rotatable bonds is 6. The van der Waals surface area contributed by atoms with Crippen molar-refractivity contribution in [2.45, 2.75) is 38.6 Å². The Morgan fingerprint density at radius 1 is 1.06 bits per heavy atom. The van der Waals surface area contributed by atoms with E-state index in [1.165, 1.54) is 7.11 Å². The zero-order valence-corrected chi connectivity index (χ0v) is 19.2. The summed E-state index contributed by atoms with van der Waals surface area (Å²) in [6, 6.07) is 13.0. The monoisotopic (exact) mass is 444 g/mol. The van der Waals surface area contributed by atoms with Gasteiger partial charge in [0, 0.05) is 23.8 Å².